The van der Waals surface area contributed by atoms with Gasteiger partial charge >= 0.3 is 0 Å². The van der Waals surface area contributed by atoms with Gasteiger partial charge in [0.15, 0.2) is 0 Å². The quantitative estimate of drug-likeness (QED) is 0.820. The molecule has 96 valence electrons. The van der Waals surface area contributed by atoms with Crippen molar-refractivity contribution in [3.63, 3.8) is 0 Å². The Balaban J connectivity index is 2.03. The monoisotopic (exact) mass is 264 g/mol. The van der Waals surface area contributed by atoms with E-state index in [1.54, 1.807) is 22.3 Å². The van der Waals surface area contributed by atoms with Crippen LogP contribution in [0.4, 0.5) is 0 Å². The third-order valence-electron chi connectivity index (χ3n) is 2.96. The molecule has 0 spiro atoms. The van der Waals surface area contributed by atoms with Crippen LogP contribution in [0.15, 0.2) is 30.2 Å². The van der Waals surface area contributed by atoms with Crippen molar-refractivity contribution in [1.82, 2.24) is 10.2 Å². The molecule has 2 amide bonds. The standard InChI is InChI=1S/C13H16N2O2S/c1-2-7-14-13(17)11-5-6-12(16)15(11)9-10-4-3-8-18-10/h2-4,8,11H,1,5-7,9H2,(H,14,17). The highest BCUT2D eigenvalue weighted by Gasteiger charge is 2.35. The number of hydrogen-bond acceptors (Lipinski definition) is 3. The van der Waals surface area contributed by atoms with E-state index in [0.717, 1.165) is 4.88 Å². The predicted octanol–water partition coefficient (Wildman–Crippen LogP) is 1.54. The molecule has 1 saturated heterocycles. The van der Waals surface area contributed by atoms with E-state index in [-0.39, 0.29) is 17.9 Å². The molecule has 18 heavy (non-hydrogen) atoms. The minimum Gasteiger partial charge on any atom is -0.351 e. The molecule has 0 aromatic carbocycles. The number of rotatable bonds is 5. The number of carbonyl (C=O) groups is 2. The maximum Gasteiger partial charge on any atom is 0.243 e. The Bertz CT molecular complexity index is 442. The molecule has 1 atom stereocenters. The number of likely N-dealkylation sites (tertiary alicyclic amines) is 1. The van der Waals surface area contributed by atoms with E-state index in [2.05, 4.69) is 11.9 Å². The Morgan fingerprint density at radius 3 is 3.17 bits per heavy atom. The van der Waals surface area contributed by atoms with Crippen LogP contribution in [-0.2, 0) is 16.1 Å². The largest absolute Gasteiger partial charge is 0.351 e. The zero-order valence-corrected chi connectivity index (χ0v) is 10.9. The van der Waals surface area contributed by atoms with Crippen LogP contribution in [0.5, 0.6) is 0 Å². The maximum atomic E-state index is 11.9. The van der Waals surface area contributed by atoms with E-state index in [1.165, 1.54) is 0 Å². The van der Waals surface area contributed by atoms with Crippen LogP contribution in [0.2, 0.25) is 0 Å². The van der Waals surface area contributed by atoms with Gasteiger partial charge in [-0.3, -0.25) is 9.59 Å². The average molecular weight is 264 g/mol. The third kappa shape index (κ3) is 2.79. The van der Waals surface area contributed by atoms with Crippen LogP contribution in [-0.4, -0.2) is 29.3 Å². The zero-order chi connectivity index (χ0) is 13.0. The summed E-state index contributed by atoms with van der Waals surface area (Å²) in [7, 11) is 0. The van der Waals surface area contributed by atoms with Gasteiger partial charge in [-0.15, -0.1) is 17.9 Å². The average Bonchev–Trinajstić information content (AvgIpc) is 2.98. The second-order valence-electron chi connectivity index (χ2n) is 4.19. The molecule has 1 unspecified atom stereocenters. The molecule has 2 heterocycles. The fourth-order valence-corrected chi connectivity index (χ4v) is 2.77. The molecule has 1 fully saturated rings. The number of hydrogen-bond donors (Lipinski definition) is 1. The van der Waals surface area contributed by atoms with Gasteiger partial charge < -0.3 is 10.2 Å². The summed E-state index contributed by atoms with van der Waals surface area (Å²) in [5.41, 5.74) is 0. The van der Waals surface area contributed by atoms with Gasteiger partial charge in [-0.05, 0) is 17.9 Å². The number of nitrogens with one attached hydrogen (secondary N) is 1. The van der Waals surface area contributed by atoms with E-state index in [4.69, 9.17) is 0 Å². The summed E-state index contributed by atoms with van der Waals surface area (Å²) in [5.74, 6) is -0.0283. The van der Waals surface area contributed by atoms with Gasteiger partial charge in [0.05, 0.1) is 6.54 Å². The lowest BCUT2D eigenvalue weighted by atomic mass is 10.2. The molecule has 0 radical (unpaired) electrons. The van der Waals surface area contributed by atoms with Crippen molar-refractivity contribution in [1.29, 1.82) is 0 Å². The van der Waals surface area contributed by atoms with Gasteiger partial charge in [-0.25, -0.2) is 0 Å². The fraction of sp³-hybridized carbons (Fsp3) is 0.385. The summed E-state index contributed by atoms with van der Waals surface area (Å²) in [6, 6.07) is 3.60. The molecule has 5 heteroatoms. The Labute approximate surface area is 110 Å². The molecule has 4 nitrogen and oxygen atoms in total. The number of amides is 2. The van der Waals surface area contributed by atoms with Crippen molar-refractivity contribution in [2.75, 3.05) is 6.54 Å². The highest BCUT2D eigenvalue weighted by molar-refractivity contribution is 7.09. The van der Waals surface area contributed by atoms with Crippen molar-refractivity contribution < 1.29 is 9.59 Å². The molecule has 1 aliphatic rings. The SMILES string of the molecule is C=CCNC(=O)C1CCC(=O)N1Cc1cccs1. The summed E-state index contributed by atoms with van der Waals surface area (Å²) in [6.07, 6.45) is 2.70. The number of carbonyl (C=O) groups excluding carboxylic acids is 2. The molecule has 1 aliphatic heterocycles. The Kier molecular flexibility index (Phi) is 4.15. The summed E-state index contributed by atoms with van der Waals surface area (Å²) >= 11 is 1.60. The Morgan fingerprint density at radius 2 is 2.50 bits per heavy atom. The summed E-state index contributed by atoms with van der Waals surface area (Å²) < 4.78 is 0. The van der Waals surface area contributed by atoms with E-state index in [9.17, 15) is 9.59 Å². The van der Waals surface area contributed by atoms with Crippen LogP contribution < -0.4 is 5.32 Å². The first kappa shape index (κ1) is 12.8. The first-order valence-electron chi connectivity index (χ1n) is 5.93. The van der Waals surface area contributed by atoms with E-state index < -0.39 is 0 Å². The van der Waals surface area contributed by atoms with Gasteiger partial charge in [-0.1, -0.05) is 12.1 Å². The number of nitrogens with zero attached hydrogens (tertiary/aromatic N) is 1. The molecule has 0 bridgehead atoms. The topological polar surface area (TPSA) is 49.4 Å². The van der Waals surface area contributed by atoms with Gasteiger partial charge in [0.25, 0.3) is 0 Å². The molecular weight excluding hydrogens is 248 g/mol. The van der Waals surface area contributed by atoms with Crippen LogP contribution in [0.25, 0.3) is 0 Å². The van der Waals surface area contributed by atoms with Crippen LogP contribution in [0, 0.1) is 0 Å². The normalized spacial score (nSPS) is 19.0. The van der Waals surface area contributed by atoms with Crippen LogP contribution in [0.3, 0.4) is 0 Å². The third-order valence-corrected chi connectivity index (χ3v) is 3.82. The van der Waals surface area contributed by atoms with E-state index in [0.29, 0.717) is 25.9 Å². The minimum absolute atomic E-state index is 0.0575. The predicted molar refractivity (Wildman–Crippen MR) is 71.1 cm³/mol. The summed E-state index contributed by atoms with van der Waals surface area (Å²) in [4.78, 5) is 26.5. The summed E-state index contributed by atoms with van der Waals surface area (Å²) in [6.45, 7) is 4.53. The van der Waals surface area contributed by atoms with Crippen LogP contribution in [0.1, 0.15) is 17.7 Å². The van der Waals surface area contributed by atoms with Gasteiger partial charge in [0, 0.05) is 17.8 Å². The molecule has 0 aliphatic carbocycles. The van der Waals surface area contributed by atoms with Crippen molar-refractivity contribution in [3.8, 4) is 0 Å². The molecule has 2 rings (SSSR count). The number of thiophene rings is 1. The Morgan fingerprint density at radius 1 is 1.67 bits per heavy atom. The van der Waals surface area contributed by atoms with Gasteiger partial charge in [0.1, 0.15) is 6.04 Å². The van der Waals surface area contributed by atoms with Gasteiger partial charge in [0.2, 0.25) is 11.8 Å². The molecule has 1 N–H and O–H groups in total. The molecule has 0 saturated carbocycles. The lowest BCUT2D eigenvalue weighted by molar-refractivity contribution is -0.135. The highest BCUT2D eigenvalue weighted by atomic mass is 32.1. The lowest BCUT2D eigenvalue weighted by Crippen LogP contribution is -2.44. The molecule has 1 aromatic heterocycles. The zero-order valence-electron chi connectivity index (χ0n) is 10.1. The van der Waals surface area contributed by atoms with E-state index >= 15 is 0 Å². The first-order chi connectivity index (χ1) is 8.72. The maximum absolute atomic E-state index is 11.9. The minimum atomic E-state index is -0.334. The van der Waals surface area contributed by atoms with E-state index in [1.807, 2.05) is 17.5 Å². The summed E-state index contributed by atoms with van der Waals surface area (Å²) in [5, 5.41) is 4.73. The van der Waals surface area contributed by atoms with Crippen molar-refractivity contribution >= 4 is 23.2 Å². The van der Waals surface area contributed by atoms with Crippen molar-refractivity contribution in [3.05, 3.63) is 35.0 Å². The van der Waals surface area contributed by atoms with Crippen LogP contribution >= 0.6 is 11.3 Å². The van der Waals surface area contributed by atoms with Gasteiger partial charge in [-0.2, -0.15) is 0 Å². The van der Waals surface area contributed by atoms with Crippen molar-refractivity contribution in [2.24, 2.45) is 0 Å². The second-order valence-corrected chi connectivity index (χ2v) is 5.22. The molecular formula is C13H16N2O2S. The lowest BCUT2D eigenvalue weighted by Gasteiger charge is -2.23. The first-order valence-corrected chi connectivity index (χ1v) is 6.81. The molecule has 1 aromatic rings. The second kappa shape index (κ2) is 5.82. The fourth-order valence-electron chi connectivity index (χ4n) is 2.07. The highest BCUT2D eigenvalue weighted by Crippen LogP contribution is 2.23. The smallest absolute Gasteiger partial charge is 0.243 e. The van der Waals surface area contributed by atoms with Crippen molar-refractivity contribution in [2.45, 2.75) is 25.4 Å². The Hall–Kier alpha value is -1.62.